The first-order chi connectivity index (χ1) is 9.13. The van der Waals surface area contributed by atoms with Gasteiger partial charge in [-0.05, 0) is 26.2 Å². The number of hydrogen-bond acceptors (Lipinski definition) is 3. The molecule has 0 atom stereocenters. The van der Waals surface area contributed by atoms with Gasteiger partial charge in [-0.15, -0.1) is 10.2 Å². The van der Waals surface area contributed by atoms with Gasteiger partial charge in [0.25, 0.3) is 0 Å². The maximum atomic E-state index is 12.2. The highest BCUT2D eigenvalue weighted by Crippen LogP contribution is 2.26. The fraction of sp³-hybridized carbons (Fsp3) is 0.643. The van der Waals surface area contributed by atoms with Crippen molar-refractivity contribution >= 4 is 5.91 Å². The Balaban J connectivity index is 1.94. The van der Waals surface area contributed by atoms with Crippen LogP contribution in [-0.4, -0.2) is 38.7 Å². The summed E-state index contributed by atoms with van der Waals surface area (Å²) in [6.45, 7) is 5.58. The number of hydrogen-bond donors (Lipinski definition) is 0. The van der Waals surface area contributed by atoms with E-state index in [9.17, 15) is 4.79 Å². The van der Waals surface area contributed by atoms with Gasteiger partial charge in [-0.3, -0.25) is 4.79 Å². The number of rotatable bonds is 3. The second-order valence-electron chi connectivity index (χ2n) is 5.16. The van der Waals surface area contributed by atoms with Gasteiger partial charge in [0.2, 0.25) is 5.91 Å². The standard InChI is InChI=1S/C14H22N4O/c1-4-5-11(2)14(19)18-8-6-12(7-9-18)13-16-15-10-17(13)3/h5,10,12H,4,6-9H2,1-3H3/b11-5-. The van der Waals surface area contributed by atoms with E-state index >= 15 is 0 Å². The third-order valence-corrected chi connectivity index (χ3v) is 3.74. The molecular formula is C14H22N4O. The maximum Gasteiger partial charge on any atom is 0.249 e. The summed E-state index contributed by atoms with van der Waals surface area (Å²) in [4.78, 5) is 14.1. The number of carbonyl (C=O) groups is 1. The monoisotopic (exact) mass is 262 g/mol. The minimum Gasteiger partial charge on any atom is -0.339 e. The molecule has 1 aliphatic rings. The van der Waals surface area contributed by atoms with Gasteiger partial charge in [0.1, 0.15) is 12.2 Å². The Morgan fingerprint density at radius 1 is 1.47 bits per heavy atom. The number of piperidine rings is 1. The van der Waals surface area contributed by atoms with E-state index in [2.05, 4.69) is 17.1 Å². The Kier molecular flexibility index (Phi) is 4.35. The number of nitrogens with zero attached hydrogens (tertiary/aromatic N) is 4. The van der Waals surface area contributed by atoms with Crippen LogP contribution in [0.25, 0.3) is 0 Å². The van der Waals surface area contributed by atoms with Crippen LogP contribution in [0.1, 0.15) is 44.9 Å². The number of aryl methyl sites for hydroxylation is 1. The third-order valence-electron chi connectivity index (χ3n) is 3.74. The lowest BCUT2D eigenvalue weighted by atomic mass is 9.95. The fourth-order valence-corrected chi connectivity index (χ4v) is 2.65. The van der Waals surface area contributed by atoms with E-state index in [1.165, 1.54) is 0 Å². The predicted molar refractivity (Wildman–Crippen MR) is 73.6 cm³/mol. The summed E-state index contributed by atoms with van der Waals surface area (Å²) in [6.07, 6.45) is 6.58. The van der Waals surface area contributed by atoms with Crippen molar-refractivity contribution in [2.24, 2.45) is 7.05 Å². The minimum absolute atomic E-state index is 0.179. The predicted octanol–water partition coefficient (Wildman–Crippen LogP) is 1.88. The first-order valence-corrected chi connectivity index (χ1v) is 6.93. The van der Waals surface area contributed by atoms with E-state index in [-0.39, 0.29) is 5.91 Å². The van der Waals surface area contributed by atoms with Crippen molar-refractivity contribution in [3.8, 4) is 0 Å². The normalized spacial score (nSPS) is 17.8. The zero-order chi connectivity index (χ0) is 13.8. The number of likely N-dealkylation sites (tertiary alicyclic amines) is 1. The van der Waals surface area contributed by atoms with Gasteiger partial charge in [0.15, 0.2) is 0 Å². The molecule has 104 valence electrons. The van der Waals surface area contributed by atoms with Crippen LogP contribution in [0.15, 0.2) is 18.0 Å². The van der Waals surface area contributed by atoms with Gasteiger partial charge < -0.3 is 9.47 Å². The smallest absolute Gasteiger partial charge is 0.249 e. The molecule has 5 nitrogen and oxygen atoms in total. The van der Waals surface area contributed by atoms with Crippen LogP contribution in [0.4, 0.5) is 0 Å². The van der Waals surface area contributed by atoms with E-state index in [1.54, 1.807) is 6.33 Å². The molecule has 0 aromatic carbocycles. The Bertz CT molecular complexity index is 470. The SMILES string of the molecule is CC/C=C(/C)C(=O)N1CCC(c2nncn2C)CC1. The Labute approximate surface area is 114 Å². The largest absolute Gasteiger partial charge is 0.339 e. The van der Waals surface area contributed by atoms with Crippen LogP contribution < -0.4 is 0 Å². The average molecular weight is 262 g/mol. The molecule has 1 saturated heterocycles. The van der Waals surface area contributed by atoms with Gasteiger partial charge >= 0.3 is 0 Å². The molecule has 0 bridgehead atoms. The Morgan fingerprint density at radius 3 is 2.68 bits per heavy atom. The topological polar surface area (TPSA) is 51.0 Å². The molecule has 1 fully saturated rings. The summed E-state index contributed by atoms with van der Waals surface area (Å²) >= 11 is 0. The number of aromatic nitrogens is 3. The highest BCUT2D eigenvalue weighted by molar-refractivity contribution is 5.92. The summed E-state index contributed by atoms with van der Waals surface area (Å²) in [5.74, 6) is 1.64. The average Bonchev–Trinajstić information content (AvgIpc) is 2.84. The van der Waals surface area contributed by atoms with Crippen molar-refractivity contribution < 1.29 is 4.79 Å². The molecule has 0 unspecified atom stereocenters. The zero-order valence-electron chi connectivity index (χ0n) is 12.0. The van der Waals surface area contributed by atoms with E-state index in [0.717, 1.165) is 43.7 Å². The molecular weight excluding hydrogens is 240 g/mol. The molecule has 0 aliphatic carbocycles. The number of amides is 1. The van der Waals surface area contributed by atoms with Crippen LogP contribution in [-0.2, 0) is 11.8 Å². The van der Waals surface area contributed by atoms with Crippen molar-refractivity contribution in [3.63, 3.8) is 0 Å². The van der Waals surface area contributed by atoms with Crippen molar-refractivity contribution in [2.75, 3.05) is 13.1 Å². The van der Waals surface area contributed by atoms with Crippen LogP contribution in [0.3, 0.4) is 0 Å². The molecule has 1 aromatic rings. The van der Waals surface area contributed by atoms with Crippen molar-refractivity contribution in [3.05, 3.63) is 23.8 Å². The summed E-state index contributed by atoms with van der Waals surface area (Å²) in [5, 5.41) is 8.10. The Hall–Kier alpha value is -1.65. The first kappa shape index (κ1) is 13.8. The molecule has 0 saturated carbocycles. The molecule has 1 aliphatic heterocycles. The van der Waals surface area contributed by atoms with Gasteiger partial charge in [-0.1, -0.05) is 13.0 Å². The van der Waals surface area contributed by atoms with Crippen LogP contribution >= 0.6 is 0 Å². The molecule has 2 rings (SSSR count). The zero-order valence-corrected chi connectivity index (χ0v) is 12.0. The molecule has 0 N–H and O–H groups in total. The maximum absolute atomic E-state index is 12.2. The van der Waals surface area contributed by atoms with Crippen molar-refractivity contribution in [2.45, 2.75) is 39.0 Å². The fourth-order valence-electron chi connectivity index (χ4n) is 2.65. The number of carbonyl (C=O) groups excluding carboxylic acids is 1. The lowest BCUT2D eigenvalue weighted by Crippen LogP contribution is -2.38. The lowest BCUT2D eigenvalue weighted by Gasteiger charge is -2.31. The Morgan fingerprint density at radius 2 is 2.16 bits per heavy atom. The molecule has 0 spiro atoms. The number of allylic oxidation sites excluding steroid dienone is 1. The van der Waals surface area contributed by atoms with E-state index < -0.39 is 0 Å². The van der Waals surface area contributed by atoms with Crippen molar-refractivity contribution in [1.29, 1.82) is 0 Å². The molecule has 5 heteroatoms. The van der Waals surface area contributed by atoms with Gasteiger partial charge in [-0.25, -0.2) is 0 Å². The van der Waals surface area contributed by atoms with Gasteiger partial charge in [0.05, 0.1) is 0 Å². The quantitative estimate of drug-likeness (QED) is 0.781. The molecule has 1 aromatic heterocycles. The summed E-state index contributed by atoms with van der Waals surface area (Å²) < 4.78 is 1.98. The molecule has 19 heavy (non-hydrogen) atoms. The highest BCUT2D eigenvalue weighted by atomic mass is 16.2. The second-order valence-corrected chi connectivity index (χ2v) is 5.16. The van der Waals surface area contributed by atoms with E-state index in [4.69, 9.17) is 0 Å². The van der Waals surface area contributed by atoms with E-state index in [1.807, 2.05) is 29.5 Å². The van der Waals surface area contributed by atoms with Crippen LogP contribution in [0.2, 0.25) is 0 Å². The third kappa shape index (κ3) is 3.03. The highest BCUT2D eigenvalue weighted by Gasteiger charge is 2.26. The van der Waals surface area contributed by atoms with Crippen LogP contribution in [0, 0.1) is 0 Å². The summed E-state index contributed by atoms with van der Waals surface area (Å²) in [5.41, 5.74) is 0.861. The van der Waals surface area contributed by atoms with E-state index in [0.29, 0.717) is 5.92 Å². The molecule has 1 amide bonds. The van der Waals surface area contributed by atoms with Gasteiger partial charge in [-0.2, -0.15) is 0 Å². The summed E-state index contributed by atoms with van der Waals surface area (Å²) in [6, 6.07) is 0. The molecule has 0 radical (unpaired) electrons. The van der Waals surface area contributed by atoms with Gasteiger partial charge in [0, 0.05) is 31.6 Å². The minimum atomic E-state index is 0.179. The van der Waals surface area contributed by atoms with Crippen LogP contribution in [0.5, 0.6) is 0 Å². The molecule has 2 heterocycles. The summed E-state index contributed by atoms with van der Waals surface area (Å²) in [7, 11) is 1.97. The lowest BCUT2D eigenvalue weighted by molar-refractivity contribution is -0.128. The first-order valence-electron chi connectivity index (χ1n) is 6.93. The van der Waals surface area contributed by atoms with Crippen molar-refractivity contribution in [1.82, 2.24) is 19.7 Å². The second kappa shape index (κ2) is 5.99.